The predicted molar refractivity (Wildman–Crippen MR) is 243 cm³/mol. The number of unbranched alkanes of at least 4 members (excludes halogenated alkanes) is 3. The second-order valence-electron chi connectivity index (χ2n) is 17.2. The van der Waals surface area contributed by atoms with Crippen molar-refractivity contribution in [3.8, 4) is 0 Å². The van der Waals surface area contributed by atoms with Crippen molar-refractivity contribution in [2.75, 3.05) is 35.7 Å². The number of ether oxygens (including phenoxy) is 1. The highest BCUT2D eigenvalue weighted by Crippen LogP contribution is 2.49. The number of para-hydroxylation sites is 1. The smallest absolute Gasteiger partial charge is 0.294 e. The Balaban J connectivity index is 1.44. The Bertz CT molecular complexity index is 2500. The molecular weight excluding hydrogens is 811 g/mol. The molecule has 61 heavy (non-hydrogen) atoms. The molecule has 1 aliphatic carbocycles. The van der Waals surface area contributed by atoms with Gasteiger partial charge in [-0.15, -0.1) is 0 Å². The lowest BCUT2D eigenvalue weighted by molar-refractivity contribution is -0.438. The number of carbonyl (C=O) groups excluding carboxylic acids is 1. The van der Waals surface area contributed by atoms with Crippen LogP contribution in [0.15, 0.2) is 118 Å². The summed E-state index contributed by atoms with van der Waals surface area (Å²) >= 11 is 0. The van der Waals surface area contributed by atoms with Gasteiger partial charge >= 0.3 is 0 Å². The summed E-state index contributed by atoms with van der Waals surface area (Å²) in [6.07, 6.45) is 16.1. The fraction of sp³-hybridized carbons (Fsp3) is 0.417. The number of benzene rings is 3. The number of fused-ring (bicyclic) bond motifs is 2. The van der Waals surface area contributed by atoms with Crippen LogP contribution < -0.4 is 10.2 Å². The third kappa shape index (κ3) is 10.6. The molecule has 2 heterocycles. The van der Waals surface area contributed by atoms with Crippen molar-refractivity contribution in [2.24, 2.45) is 0 Å². The van der Waals surface area contributed by atoms with Gasteiger partial charge in [-0.05, 0) is 111 Å². The zero-order valence-corrected chi connectivity index (χ0v) is 37.6. The van der Waals surface area contributed by atoms with Crippen molar-refractivity contribution in [3.05, 3.63) is 130 Å². The van der Waals surface area contributed by atoms with E-state index in [1.807, 2.05) is 38.1 Å². The largest absolute Gasteiger partial charge is 0.468 e. The highest BCUT2D eigenvalue weighted by Gasteiger charge is 2.44. The number of carbonyl (C=O) groups is 1. The summed E-state index contributed by atoms with van der Waals surface area (Å²) in [6, 6.07) is 21.4. The standard InChI is InChI=1S/C48H59N3O8S2/c1-6-7-10-29-50-42-17-9-8-16-40(42)47(2,3)44(50)26-20-36-14-13-15-37(46(36)49-38-22-18-35(19-23-38)28-31-59-34-52)21-27-45-48(4,5)41-33-39(61(56,57)58)24-25-43(41)51(45)30-11-12-32-60(53,54)55/h8-9,16-27,33-34H,6-7,10-15,28-32H2,1-5H3,(H2,53,54,55,56,57,58)/p+1/b37-21+,45-27+. The zero-order chi connectivity index (χ0) is 44.0. The maximum Gasteiger partial charge on any atom is 0.294 e. The lowest BCUT2D eigenvalue weighted by Gasteiger charge is -2.28. The Morgan fingerprint density at radius 3 is 2.31 bits per heavy atom. The van der Waals surface area contributed by atoms with Crippen molar-refractivity contribution < 1.29 is 40.0 Å². The van der Waals surface area contributed by atoms with Crippen LogP contribution in [0.4, 0.5) is 17.1 Å². The molecule has 0 amide bonds. The van der Waals surface area contributed by atoms with E-state index in [9.17, 15) is 30.7 Å². The maximum atomic E-state index is 12.2. The summed E-state index contributed by atoms with van der Waals surface area (Å²) in [5, 5.41) is 3.78. The molecule has 3 aromatic rings. The molecule has 11 nitrogen and oxygen atoms in total. The number of anilines is 2. The summed E-state index contributed by atoms with van der Waals surface area (Å²) in [7, 11) is -8.59. The number of allylic oxidation sites excluding steroid dienone is 7. The first-order chi connectivity index (χ1) is 29.0. The van der Waals surface area contributed by atoms with Crippen LogP contribution in [0.25, 0.3) is 0 Å². The summed E-state index contributed by atoms with van der Waals surface area (Å²) in [6.45, 7) is 13.0. The van der Waals surface area contributed by atoms with Gasteiger partial charge in [0.2, 0.25) is 5.69 Å². The Kier molecular flexibility index (Phi) is 14.3. The highest BCUT2D eigenvalue weighted by atomic mass is 32.2. The summed E-state index contributed by atoms with van der Waals surface area (Å²) in [5.74, 6) is -0.357. The van der Waals surface area contributed by atoms with Gasteiger partial charge in [0.25, 0.3) is 26.7 Å². The molecule has 0 saturated heterocycles. The van der Waals surface area contributed by atoms with E-state index < -0.39 is 25.7 Å². The number of hydrogen-bond donors (Lipinski definition) is 3. The molecule has 0 fully saturated rings. The van der Waals surface area contributed by atoms with Gasteiger partial charge < -0.3 is 15.0 Å². The number of nitrogens with one attached hydrogen (secondary N) is 1. The van der Waals surface area contributed by atoms with Crippen LogP contribution in [-0.4, -0.2) is 68.1 Å². The second kappa shape index (κ2) is 19.1. The summed E-state index contributed by atoms with van der Waals surface area (Å²) in [5.41, 5.74) is 10.6. The zero-order valence-electron chi connectivity index (χ0n) is 36.0. The van der Waals surface area contributed by atoms with Crippen LogP contribution in [0.5, 0.6) is 0 Å². The molecule has 3 aliphatic rings. The van der Waals surface area contributed by atoms with Gasteiger partial charge in [0.05, 0.1) is 22.7 Å². The van der Waals surface area contributed by atoms with E-state index >= 15 is 0 Å². The summed E-state index contributed by atoms with van der Waals surface area (Å²) < 4.78 is 74.3. The van der Waals surface area contributed by atoms with Crippen LogP contribution >= 0.6 is 0 Å². The lowest BCUT2D eigenvalue weighted by atomic mass is 9.81. The van der Waals surface area contributed by atoms with E-state index in [0.717, 1.165) is 84.5 Å². The van der Waals surface area contributed by atoms with Gasteiger partial charge in [-0.1, -0.05) is 69.7 Å². The second-order valence-corrected chi connectivity index (χ2v) is 20.2. The van der Waals surface area contributed by atoms with Crippen LogP contribution in [0.1, 0.15) is 103 Å². The summed E-state index contributed by atoms with van der Waals surface area (Å²) in [4.78, 5) is 12.6. The minimum Gasteiger partial charge on any atom is -0.468 e. The van der Waals surface area contributed by atoms with Gasteiger partial charge in [0.1, 0.15) is 6.54 Å². The van der Waals surface area contributed by atoms with E-state index in [2.05, 4.69) is 84.1 Å². The molecule has 0 radical (unpaired) electrons. The normalized spacial score (nSPS) is 18.6. The van der Waals surface area contributed by atoms with Gasteiger partial charge in [0, 0.05) is 65.3 Å². The molecule has 326 valence electrons. The molecule has 0 spiro atoms. The van der Waals surface area contributed by atoms with Gasteiger partial charge in [-0.25, -0.2) is 0 Å². The fourth-order valence-electron chi connectivity index (χ4n) is 8.91. The molecular formula is C48H60N3O8S2+. The van der Waals surface area contributed by atoms with Crippen LogP contribution in [0, 0.1) is 0 Å². The SMILES string of the molecule is CCCCC[N+]1=C(/C=C/C2=C(Nc3ccc(CCOC=O)cc3)C(=C/C=C3/N(CCCCS(=O)(=O)O)c4ccc(S(=O)(=O)O)cc4C3(C)C)/CCC2)C(C)(C)c2ccccc21. The lowest BCUT2D eigenvalue weighted by Crippen LogP contribution is -2.28. The van der Waals surface area contributed by atoms with Crippen molar-refractivity contribution in [1.29, 1.82) is 0 Å². The Hall–Kier alpha value is -4.82. The van der Waals surface area contributed by atoms with Crippen LogP contribution in [0.2, 0.25) is 0 Å². The quantitative estimate of drug-likeness (QED) is 0.0460. The van der Waals surface area contributed by atoms with Gasteiger partial charge in [-0.3, -0.25) is 13.9 Å². The van der Waals surface area contributed by atoms with Gasteiger partial charge in [-0.2, -0.15) is 21.4 Å². The number of nitrogens with zero attached hydrogens (tertiary/aromatic N) is 2. The molecule has 2 aliphatic heterocycles. The van der Waals surface area contributed by atoms with E-state index in [1.54, 1.807) is 6.07 Å². The topological polar surface area (TPSA) is 153 Å². The number of hydrogen-bond acceptors (Lipinski definition) is 8. The molecule has 3 N–H and O–H groups in total. The Morgan fingerprint density at radius 1 is 0.852 bits per heavy atom. The average molecular weight is 871 g/mol. The molecule has 6 rings (SSSR count). The first kappa shape index (κ1) is 45.7. The fourth-order valence-corrected chi connectivity index (χ4v) is 9.99. The molecule has 0 unspecified atom stereocenters. The van der Waals surface area contributed by atoms with E-state index in [-0.39, 0.29) is 22.5 Å². The van der Waals surface area contributed by atoms with Crippen molar-refractivity contribution in [3.63, 3.8) is 0 Å². The molecule has 0 atom stereocenters. The molecule has 0 bridgehead atoms. The molecule has 0 aromatic heterocycles. The molecule has 13 heteroatoms. The van der Waals surface area contributed by atoms with Crippen molar-refractivity contribution in [1.82, 2.24) is 0 Å². The third-order valence-electron chi connectivity index (χ3n) is 12.2. The Morgan fingerprint density at radius 2 is 1.61 bits per heavy atom. The maximum absolute atomic E-state index is 12.2. The van der Waals surface area contributed by atoms with Crippen LogP contribution in [0.3, 0.4) is 0 Å². The van der Waals surface area contributed by atoms with E-state index in [1.165, 1.54) is 34.7 Å². The monoisotopic (exact) mass is 870 g/mol. The third-order valence-corrected chi connectivity index (χ3v) is 13.9. The number of rotatable bonds is 19. The molecule has 3 aromatic carbocycles. The van der Waals surface area contributed by atoms with E-state index in [0.29, 0.717) is 32.5 Å². The average Bonchev–Trinajstić information content (AvgIpc) is 3.56. The highest BCUT2D eigenvalue weighted by molar-refractivity contribution is 7.86. The minimum absolute atomic E-state index is 0.194. The first-order valence-electron chi connectivity index (χ1n) is 21.3. The van der Waals surface area contributed by atoms with Crippen LogP contribution in [-0.2, 0) is 47.0 Å². The van der Waals surface area contributed by atoms with Crippen molar-refractivity contribution in [2.45, 2.75) is 108 Å². The molecule has 0 saturated carbocycles. The first-order valence-corrected chi connectivity index (χ1v) is 24.3. The van der Waals surface area contributed by atoms with E-state index in [4.69, 9.17) is 4.74 Å². The van der Waals surface area contributed by atoms with Gasteiger partial charge in [0.15, 0.2) is 5.71 Å². The minimum atomic E-state index is -4.46. The Labute approximate surface area is 362 Å². The predicted octanol–water partition coefficient (Wildman–Crippen LogP) is 9.60. The van der Waals surface area contributed by atoms with Crippen molar-refractivity contribution >= 4 is 49.5 Å².